The molecule has 0 aliphatic rings. The third-order valence-electron chi connectivity index (χ3n) is 2.52. The van der Waals surface area contributed by atoms with Crippen LogP contribution in [-0.4, -0.2) is 0 Å². The summed E-state index contributed by atoms with van der Waals surface area (Å²) in [5, 5.41) is 0. The first-order chi connectivity index (χ1) is 6.65. The Morgan fingerprint density at radius 3 is 2.36 bits per heavy atom. The number of hydrogen-bond donors (Lipinski definition) is 0. The zero-order chi connectivity index (χ0) is 11.0. The molecule has 14 heavy (non-hydrogen) atoms. The normalized spacial score (nSPS) is 16.9. The molecule has 0 rings (SSSR count). The number of hydrogen-bond acceptors (Lipinski definition) is 0. The molecule has 3 atom stereocenters. The average Bonchev–Trinajstić information content (AvgIpc) is 2.22. The Labute approximate surface area is 89.1 Å². The molecular weight excluding hydrogens is 168 g/mol. The lowest BCUT2D eigenvalue weighted by atomic mass is 9.95. The van der Waals surface area contributed by atoms with Crippen LogP contribution in [0.2, 0.25) is 0 Å². The van der Waals surface area contributed by atoms with E-state index in [2.05, 4.69) is 51.3 Å². The van der Waals surface area contributed by atoms with Crippen LogP contribution in [0.5, 0.6) is 0 Å². The molecule has 0 aliphatic heterocycles. The Morgan fingerprint density at radius 2 is 1.93 bits per heavy atom. The quantitative estimate of drug-likeness (QED) is 0.463. The molecule has 0 radical (unpaired) electrons. The summed E-state index contributed by atoms with van der Waals surface area (Å²) in [6, 6.07) is 0. The van der Waals surface area contributed by atoms with Gasteiger partial charge in [-0.15, -0.1) is 6.58 Å². The average molecular weight is 190 g/mol. The molecule has 0 saturated heterocycles. The highest BCUT2D eigenvalue weighted by Crippen LogP contribution is 2.11. The van der Waals surface area contributed by atoms with Gasteiger partial charge < -0.3 is 0 Å². The minimum atomic E-state index is 0.409. The van der Waals surface area contributed by atoms with Gasteiger partial charge in [0.15, 0.2) is 0 Å². The first-order valence-electron chi connectivity index (χ1n) is 5.42. The van der Waals surface area contributed by atoms with E-state index in [0.29, 0.717) is 17.8 Å². The van der Waals surface area contributed by atoms with Crippen LogP contribution in [0.4, 0.5) is 0 Å². The van der Waals surface area contributed by atoms with Gasteiger partial charge in [-0.1, -0.05) is 50.8 Å². The summed E-state index contributed by atoms with van der Waals surface area (Å²) in [5.41, 5.74) is 0. The minimum absolute atomic E-state index is 0.409. The molecule has 3 unspecified atom stereocenters. The molecule has 0 heteroatoms. The molecule has 0 N–H and O–H groups in total. The molecule has 0 aromatic heterocycles. The number of rotatable bonds is 4. The fourth-order valence-electron chi connectivity index (χ4n) is 1.09. The van der Waals surface area contributed by atoms with Gasteiger partial charge in [-0.05, 0) is 19.3 Å². The van der Waals surface area contributed by atoms with E-state index in [1.165, 1.54) is 0 Å². The third kappa shape index (κ3) is 4.92. The third-order valence-corrected chi connectivity index (χ3v) is 2.52. The first kappa shape index (κ1) is 13.0. The van der Waals surface area contributed by atoms with Gasteiger partial charge >= 0.3 is 0 Å². The topological polar surface area (TPSA) is 0 Å². The first-order valence-corrected chi connectivity index (χ1v) is 5.42. The molecule has 0 fully saturated rings. The van der Waals surface area contributed by atoms with Crippen LogP contribution in [0.15, 0.2) is 24.8 Å². The van der Waals surface area contributed by atoms with Gasteiger partial charge in [0.1, 0.15) is 0 Å². The predicted molar refractivity (Wildman–Crippen MR) is 64.9 cm³/mol. The van der Waals surface area contributed by atoms with Crippen molar-refractivity contribution in [2.75, 3.05) is 0 Å². The molecule has 0 nitrogen and oxygen atoms in total. The standard InChI is InChI=1S/C14H22/c1-6-9-14(8-3)11-10-13(5)12(4)7-2/h6-7,9,12-14H,2,8H2,1,3-5H3. The predicted octanol–water partition coefficient (Wildman–Crippen LogP) is 4.05. The van der Waals surface area contributed by atoms with Crippen molar-refractivity contribution in [3.8, 4) is 11.8 Å². The van der Waals surface area contributed by atoms with Gasteiger partial charge in [-0.3, -0.25) is 0 Å². The summed E-state index contributed by atoms with van der Waals surface area (Å²) in [4.78, 5) is 0. The maximum Gasteiger partial charge on any atom is 0.0380 e. The molecule has 0 saturated carbocycles. The molecule has 0 spiro atoms. The van der Waals surface area contributed by atoms with Crippen molar-refractivity contribution in [3.63, 3.8) is 0 Å². The summed E-state index contributed by atoms with van der Waals surface area (Å²) < 4.78 is 0. The number of allylic oxidation sites excluding steroid dienone is 3. The highest BCUT2D eigenvalue weighted by atomic mass is 14.1. The SMILES string of the molecule is C=CC(C)C(C)C#CC(C=CC)CC. The van der Waals surface area contributed by atoms with Gasteiger partial charge in [0.2, 0.25) is 0 Å². The summed E-state index contributed by atoms with van der Waals surface area (Å²) in [6.07, 6.45) is 7.30. The molecule has 0 aliphatic carbocycles. The highest BCUT2D eigenvalue weighted by Gasteiger charge is 2.04. The second-order valence-corrected chi connectivity index (χ2v) is 3.71. The molecule has 0 aromatic carbocycles. The van der Waals surface area contributed by atoms with Gasteiger partial charge in [0.05, 0.1) is 0 Å². The zero-order valence-electron chi connectivity index (χ0n) is 9.88. The monoisotopic (exact) mass is 190 g/mol. The lowest BCUT2D eigenvalue weighted by Crippen LogP contribution is -2.02. The van der Waals surface area contributed by atoms with Crippen LogP contribution in [0.3, 0.4) is 0 Å². The van der Waals surface area contributed by atoms with Crippen LogP contribution in [0.25, 0.3) is 0 Å². The maximum absolute atomic E-state index is 3.78. The van der Waals surface area contributed by atoms with Crippen molar-refractivity contribution in [2.45, 2.75) is 34.1 Å². The summed E-state index contributed by atoms with van der Waals surface area (Å²) in [6.45, 7) is 12.3. The summed E-state index contributed by atoms with van der Waals surface area (Å²) >= 11 is 0. The van der Waals surface area contributed by atoms with Gasteiger partial charge in [-0.25, -0.2) is 0 Å². The summed E-state index contributed by atoms with van der Waals surface area (Å²) in [7, 11) is 0. The van der Waals surface area contributed by atoms with E-state index >= 15 is 0 Å². The van der Waals surface area contributed by atoms with Gasteiger partial charge in [0, 0.05) is 11.8 Å². The Kier molecular flexibility index (Phi) is 6.93. The largest absolute Gasteiger partial charge is 0.103 e. The Balaban J connectivity index is 4.31. The van der Waals surface area contributed by atoms with E-state index in [1.807, 2.05) is 13.0 Å². The van der Waals surface area contributed by atoms with Crippen molar-refractivity contribution in [2.24, 2.45) is 17.8 Å². The lowest BCUT2D eigenvalue weighted by Gasteiger charge is -2.08. The van der Waals surface area contributed by atoms with Gasteiger partial charge in [-0.2, -0.15) is 0 Å². The summed E-state index contributed by atoms with van der Waals surface area (Å²) in [5.74, 6) is 7.90. The Bertz CT molecular complexity index is 236. The minimum Gasteiger partial charge on any atom is -0.103 e. The van der Waals surface area contributed by atoms with Crippen LogP contribution in [0.1, 0.15) is 34.1 Å². The Morgan fingerprint density at radius 1 is 1.29 bits per heavy atom. The van der Waals surface area contributed by atoms with Crippen LogP contribution < -0.4 is 0 Å². The van der Waals surface area contributed by atoms with E-state index in [4.69, 9.17) is 0 Å². The van der Waals surface area contributed by atoms with E-state index in [1.54, 1.807) is 0 Å². The fourth-order valence-corrected chi connectivity index (χ4v) is 1.09. The maximum atomic E-state index is 3.78. The van der Waals surface area contributed by atoms with Crippen molar-refractivity contribution >= 4 is 0 Å². The Hall–Kier alpha value is -0.960. The highest BCUT2D eigenvalue weighted by molar-refractivity contribution is 5.13. The molecule has 78 valence electrons. The molecule has 0 bridgehead atoms. The molecular formula is C14H22. The van der Waals surface area contributed by atoms with E-state index < -0.39 is 0 Å². The van der Waals surface area contributed by atoms with Crippen LogP contribution >= 0.6 is 0 Å². The van der Waals surface area contributed by atoms with Gasteiger partial charge in [0.25, 0.3) is 0 Å². The second kappa shape index (κ2) is 7.44. The smallest absolute Gasteiger partial charge is 0.0380 e. The van der Waals surface area contributed by atoms with Crippen LogP contribution in [0, 0.1) is 29.6 Å². The lowest BCUT2D eigenvalue weighted by molar-refractivity contribution is 0.576. The van der Waals surface area contributed by atoms with E-state index in [0.717, 1.165) is 6.42 Å². The second-order valence-electron chi connectivity index (χ2n) is 3.71. The fraction of sp³-hybridized carbons (Fsp3) is 0.571. The van der Waals surface area contributed by atoms with Crippen molar-refractivity contribution < 1.29 is 0 Å². The molecule has 0 heterocycles. The van der Waals surface area contributed by atoms with Crippen molar-refractivity contribution in [1.82, 2.24) is 0 Å². The molecule has 0 amide bonds. The zero-order valence-corrected chi connectivity index (χ0v) is 9.88. The molecule has 0 aromatic rings. The van der Waals surface area contributed by atoms with Crippen LogP contribution in [-0.2, 0) is 0 Å². The van der Waals surface area contributed by atoms with Crippen molar-refractivity contribution in [1.29, 1.82) is 0 Å². The van der Waals surface area contributed by atoms with E-state index in [9.17, 15) is 0 Å². The van der Waals surface area contributed by atoms with Crippen molar-refractivity contribution in [3.05, 3.63) is 24.8 Å². The van der Waals surface area contributed by atoms with E-state index in [-0.39, 0.29) is 0 Å².